The first kappa shape index (κ1) is 23.6. The number of carbonyl (C=O) groups excluding carboxylic acids is 1. The number of carboxylic acid groups (broad SMARTS) is 1. The van der Waals surface area contributed by atoms with Crippen molar-refractivity contribution in [2.75, 3.05) is 26.2 Å². The summed E-state index contributed by atoms with van der Waals surface area (Å²) in [6, 6.07) is 14.7. The Morgan fingerprint density at radius 2 is 1.76 bits per heavy atom. The number of hydrogen-bond donors (Lipinski definition) is 2. The van der Waals surface area contributed by atoms with Crippen LogP contribution in [-0.4, -0.2) is 63.7 Å². The number of ether oxygens (including phenoxy) is 2. The first-order chi connectivity index (χ1) is 16.2. The molecule has 2 N–H and O–H groups in total. The summed E-state index contributed by atoms with van der Waals surface area (Å²) >= 11 is 0. The molecule has 8 nitrogen and oxygen atoms in total. The maximum absolute atomic E-state index is 12.4. The molecule has 2 heterocycles. The number of benzene rings is 2. The van der Waals surface area contributed by atoms with Gasteiger partial charge in [-0.3, -0.25) is 9.69 Å². The molecule has 4 rings (SSSR count). The third-order valence-electron chi connectivity index (χ3n) is 5.79. The summed E-state index contributed by atoms with van der Waals surface area (Å²) in [5, 5.41) is 10.9. The summed E-state index contributed by atoms with van der Waals surface area (Å²) in [4.78, 5) is 31.4. The molecule has 1 aromatic heterocycles. The first-order valence-corrected chi connectivity index (χ1v) is 11.4. The zero-order chi connectivity index (χ0) is 24.3. The van der Waals surface area contributed by atoms with Crippen molar-refractivity contribution in [3.63, 3.8) is 0 Å². The molecule has 34 heavy (non-hydrogen) atoms. The van der Waals surface area contributed by atoms with Gasteiger partial charge in [-0.15, -0.1) is 0 Å². The minimum Gasteiger partial charge on any atom is -0.489 e. The van der Waals surface area contributed by atoms with Gasteiger partial charge in [-0.25, -0.2) is 4.79 Å². The fraction of sp³-hybridized carbons (Fsp3) is 0.385. The molecule has 1 aliphatic heterocycles. The average Bonchev–Trinajstić information content (AvgIpc) is 3.20. The van der Waals surface area contributed by atoms with Gasteiger partial charge in [-0.2, -0.15) is 0 Å². The highest BCUT2D eigenvalue weighted by Crippen LogP contribution is 2.32. The summed E-state index contributed by atoms with van der Waals surface area (Å²) < 4.78 is 11.4. The van der Waals surface area contributed by atoms with Gasteiger partial charge in [0.2, 0.25) is 0 Å². The highest BCUT2D eigenvalue weighted by atomic mass is 16.6. The number of nitrogens with zero attached hydrogens (tertiary/aromatic N) is 2. The monoisotopic (exact) mass is 465 g/mol. The van der Waals surface area contributed by atoms with E-state index >= 15 is 0 Å². The quantitative estimate of drug-likeness (QED) is 0.559. The van der Waals surface area contributed by atoms with Gasteiger partial charge in [0.1, 0.15) is 24.0 Å². The Bertz CT molecular complexity index is 1140. The maximum atomic E-state index is 12.4. The lowest BCUT2D eigenvalue weighted by molar-refractivity contribution is -0.144. The smallest absolute Gasteiger partial charge is 0.410 e. The van der Waals surface area contributed by atoms with Crippen LogP contribution in [-0.2, 0) is 16.1 Å². The van der Waals surface area contributed by atoms with E-state index in [2.05, 4.69) is 4.98 Å². The predicted molar refractivity (Wildman–Crippen MR) is 129 cm³/mol. The first-order valence-electron chi connectivity index (χ1n) is 11.4. The van der Waals surface area contributed by atoms with Crippen molar-refractivity contribution in [1.29, 1.82) is 0 Å². The molecule has 0 bridgehead atoms. The fourth-order valence-electron chi connectivity index (χ4n) is 4.15. The molecular formula is C26H31N3O5. The van der Waals surface area contributed by atoms with E-state index in [4.69, 9.17) is 9.47 Å². The number of rotatable bonds is 6. The number of carboxylic acids is 1. The van der Waals surface area contributed by atoms with Crippen LogP contribution < -0.4 is 4.74 Å². The van der Waals surface area contributed by atoms with Crippen LogP contribution in [0, 0.1) is 0 Å². The second-order valence-corrected chi connectivity index (χ2v) is 9.47. The molecule has 3 aromatic rings. The molecule has 1 unspecified atom stereocenters. The number of hydrogen-bond acceptors (Lipinski definition) is 5. The summed E-state index contributed by atoms with van der Waals surface area (Å²) in [7, 11) is 0. The highest BCUT2D eigenvalue weighted by molar-refractivity contribution is 5.90. The maximum Gasteiger partial charge on any atom is 0.410 e. The van der Waals surface area contributed by atoms with E-state index in [-0.39, 0.29) is 6.09 Å². The van der Waals surface area contributed by atoms with Crippen LogP contribution in [0.25, 0.3) is 10.9 Å². The Balaban J connectivity index is 1.49. The summed E-state index contributed by atoms with van der Waals surface area (Å²) in [5.74, 6) is -0.252. The molecular weight excluding hydrogens is 434 g/mol. The summed E-state index contributed by atoms with van der Waals surface area (Å²) in [6.45, 7) is 7.61. The third-order valence-corrected chi connectivity index (χ3v) is 5.79. The summed E-state index contributed by atoms with van der Waals surface area (Å²) in [6.07, 6.45) is 1.39. The lowest BCUT2D eigenvalue weighted by Crippen LogP contribution is -2.51. The number of aromatic nitrogens is 1. The predicted octanol–water partition coefficient (Wildman–Crippen LogP) is 4.43. The molecule has 2 aromatic carbocycles. The lowest BCUT2D eigenvalue weighted by Gasteiger charge is -2.38. The molecule has 1 fully saturated rings. The Labute approximate surface area is 199 Å². The average molecular weight is 466 g/mol. The van der Waals surface area contributed by atoms with Gasteiger partial charge in [0.05, 0.1) is 0 Å². The molecule has 1 saturated heterocycles. The summed E-state index contributed by atoms with van der Waals surface area (Å²) in [5.41, 5.74) is 2.02. The zero-order valence-corrected chi connectivity index (χ0v) is 19.8. The Kier molecular flexibility index (Phi) is 6.79. The van der Waals surface area contributed by atoms with Crippen LogP contribution in [0.3, 0.4) is 0 Å². The van der Waals surface area contributed by atoms with Crippen LogP contribution in [0.15, 0.2) is 54.7 Å². The molecule has 1 amide bonds. The van der Waals surface area contributed by atoms with E-state index in [0.717, 1.165) is 16.5 Å². The van der Waals surface area contributed by atoms with Gasteiger partial charge < -0.3 is 24.5 Å². The van der Waals surface area contributed by atoms with Gasteiger partial charge in [0.15, 0.2) is 0 Å². The largest absolute Gasteiger partial charge is 0.489 e. The molecule has 180 valence electrons. The second-order valence-electron chi connectivity index (χ2n) is 9.47. The van der Waals surface area contributed by atoms with Crippen molar-refractivity contribution in [2.24, 2.45) is 0 Å². The number of fused-ring (bicyclic) bond motifs is 1. The van der Waals surface area contributed by atoms with Gasteiger partial charge in [0.25, 0.3) is 0 Å². The molecule has 1 atom stereocenters. The molecule has 1 aliphatic rings. The number of piperazine rings is 1. The lowest BCUT2D eigenvalue weighted by atomic mass is 10.0. The van der Waals surface area contributed by atoms with Crippen molar-refractivity contribution in [3.8, 4) is 5.75 Å². The Hall–Kier alpha value is -3.52. The third kappa shape index (κ3) is 5.51. The SMILES string of the molecule is CC(C)(C)OC(=O)N1CCN(C(C(=O)O)c2c[nH]c3ccc(OCc4ccccc4)cc23)CC1. The van der Waals surface area contributed by atoms with Crippen LogP contribution in [0.4, 0.5) is 4.79 Å². The number of aliphatic carboxylic acids is 1. The molecule has 0 aliphatic carbocycles. The molecule has 0 saturated carbocycles. The van der Waals surface area contributed by atoms with Crippen molar-refractivity contribution >= 4 is 23.0 Å². The second kappa shape index (κ2) is 9.77. The normalized spacial score (nSPS) is 15.8. The van der Waals surface area contributed by atoms with Crippen LogP contribution in [0.1, 0.15) is 37.9 Å². The van der Waals surface area contributed by atoms with Crippen molar-refractivity contribution < 1.29 is 24.2 Å². The van der Waals surface area contributed by atoms with Crippen LogP contribution in [0.2, 0.25) is 0 Å². The van der Waals surface area contributed by atoms with E-state index in [9.17, 15) is 14.7 Å². The number of nitrogens with one attached hydrogen (secondary N) is 1. The minimum absolute atomic E-state index is 0.369. The Morgan fingerprint density at radius 1 is 1.06 bits per heavy atom. The van der Waals surface area contributed by atoms with E-state index < -0.39 is 17.6 Å². The number of H-pyrrole nitrogens is 1. The van der Waals surface area contributed by atoms with E-state index in [0.29, 0.717) is 44.1 Å². The molecule has 0 spiro atoms. The van der Waals surface area contributed by atoms with Crippen LogP contribution >= 0.6 is 0 Å². The number of aromatic amines is 1. The Morgan fingerprint density at radius 3 is 2.41 bits per heavy atom. The van der Waals surface area contributed by atoms with Gasteiger partial charge in [0, 0.05) is 48.8 Å². The molecule has 0 radical (unpaired) electrons. The number of carbonyl (C=O) groups is 2. The van der Waals surface area contributed by atoms with Gasteiger partial charge >= 0.3 is 12.1 Å². The fourth-order valence-corrected chi connectivity index (χ4v) is 4.15. The molecule has 8 heteroatoms. The van der Waals surface area contributed by atoms with Gasteiger partial charge in [-0.05, 0) is 44.5 Å². The standard InChI is InChI=1S/C26H31N3O5/c1-26(2,3)34-25(32)29-13-11-28(12-14-29)23(24(30)31)21-16-27-22-10-9-19(15-20(21)22)33-17-18-7-5-4-6-8-18/h4-10,15-16,23,27H,11-14,17H2,1-3H3,(H,30,31). The van der Waals surface area contributed by atoms with Gasteiger partial charge in [-0.1, -0.05) is 30.3 Å². The number of amides is 1. The van der Waals surface area contributed by atoms with Crippen molar-refractivity contribution in [3.05, 3.63) is 65.9 Å². The minimum atomic E-state index is -0.928. The highest BCUT2D eigenvalue weighted by Gasteiger charge is 2.34. The van der Waals surface area contributed by atoms with E-state index in [1.54, 1.807) is 11.1 Å². The van der Waals surface area contributed by atoms with Crippen LogP contribution in [0.5, 0.6) is 5.75 Å². The van der Waals surface area contributed by atoms with E-state index in [1.165, 1.54) is 0 Å². The van der Waals surface area contributed by atoms with E-state index in [1.807, 2.05) is 74.2 Å². The zero-order valence-electron chi connectivity index (χ0n) is 19.8. The van der Waals surface area contributed by atoms with Crippen molar-refractivity contribution in [2.45, 2.75) is 39.0 Å². The van der Waals surface area contributed by atoms with Crippen molar-refractivity contribution in [1.82, 2.24) is 14.8 Å². The topological polar surface area (TPSA) is 95.1 Å².